The Morgan fingerprint density at radius 3 is 2.79 bits per heavy atom. The van der Waals surface area contributed by atoms with Crippen LogP contribution in [0.5, 0.6) is 0 Å². The van der Waals surface area contributed by atoms with Crippen molar-refractivity contribution in [2.45, 2.75) is 51.4 Å². The van der Waals surface area contributed by atoms with E-state index in [0.29, 0.717) is 5.92 Å². The zero-order chi connectivity index (χ0) is 17.4. The molecule has 2 aliphatic rings. The molecule has 1 aromatic rings. The number of hydrogen-bond donors (Lipinski definition) is 3. The Morgan fingerprint density at radius 2 is 2.08 bits per heavy atom. The molecule has 0 spiro atoms. The van der Waals surface area contributed by atoms with E-state index in [2.05, 4.69) is 24.5 Å². The molecule has 5 heteroatoms. The first-order chi connectivity index (χ1) is 11.3. The third-order valence-corrected chi connectivity index (χ3v) is 5.61. The van der Waals surface area contributed by atoms with Crippen LogP contribution in [0.3, 0.4) is 0 Å². The number of hydrogen-bond acceptors (Lipinski definition) is 3. The average Bonchev–Trinajstić information content (AvgIpc) is 2.59. The molecule has 1 aromatic carbocycles. The van der Waals surface area contributed by atoms with Crippen LogP contribution in [0.2, 0.25) is 0 Å². The molecular formula is C19H28N2O3. The summed E-state index contributed by atoms with van der Waals surface area (Å²) in [7, 11) is 0. The lowest BCUT2D eigenvalue weighted by Gasteiger charge is -2.59. The van der Waals surface area contributed by atoms with Gasteiger partial charge in [-0.05, 0) is 25.3 Å². The molecule has 3 N–H and O–H groups in total. The Hall–Kier alpha value is -1.59. The quantitative estimate of drug-likeness (QED) is 0.793. The van der Waals surface area contributed by atoms with E-state index in [1.165, 1.54) is 0 Å². The van der Waals surface area contributed by atoms with Gasteiger partial charge in [-0.2, -0.15) is 0 Å². The molecule has 2 fully saturated rings. The number of amides is 2. The summed E-state index contributed by atoms with van der Waals surface area (Å²) in [5.41, 5.74) is -0.357. The minimum atomic E-state index is -1.09. The van der Waals surface area contributed by atoms with E-state index in [4.69, 9.17) is 4.74 Å². The van der Waals surface area contributed by atoms with Crippen molar-refractivity contribution >= 4 is 6.03 Å². The first kappa shape index (κ1) is 17.2. The summed E-state index contributed by atoms with van der Waals surface area (Å²) in [5, 5.41) is 16.5. The summed E-state index contributed by atoms with van der Waals surface area (Å²) >= 11 is 0. The number of rotatable bonds is 4. The Morgan fingerprint density at radius 1 is 1.38 bits per heavy atom. The molecule has 1 aliphatic carbocycles. The van der Waals surface area contributed by atoms with Crippen LogP contribution in [0.15, 0.2) is 30.3 Å². The van der Waals surface area contributed by atoms with E-state index >= 15 is 0 Å². The summed E-state index contributed by atoms with van der Waals surface area (Å²) in [6, 6.07) is 9.27. The Labute approximate surface area is 143 Å². The van der Waals surface area contributed by atoms with Crippen LogP contribution in [-0.4, -0.2) is 36.4 Å². The Kier molecular flexibility index (Phi) is 4.58. The van der Waals surface area contributed by atoms with Gasteiger partial charge in [0.05, 0.1) is 12.6 Å². The highest BCUT2D eigenvalue weighted by Gasteiger charge is 2.58. The second-order valence-electron chi connectivity index (χ2n) is 7.86. The molecule has 4 atom stereocenters. The molecule has 0 bridgehead atoms. The highest BCUT2D eigenvalue weighted by atomic mass is 16.5. The monoisotopic (exact) mass is 332 g/mol. The van der Waals surface area contributed by atoms with Crippen molar-refractivity contribution in [3.05, 3.63) is 35.9 Å². The molecular weight excluding hydrogens is 304 g/mol. The van der Waals surface area contributed by atoms with Crippen LogP contribution in [0.1, 0.15) is 39.2 Å². The zero-order valence-electron chi connectivity index (χ0n) is 14.7. The van der Waals surface area contributed by atoms with Gasteiger partial charge in [-0.3, -0.25) is 0 Å². The van der Waals surface area contributed by atoms with Crippen LogP contribution in [-0.2, 0) is 10.3 Å². The SMILES string of the molecule is CC1(C)[C@H](NC(=O)NC[C@](C)(O)c2ccccc2)[C@H]2CCCO[C@@H]21. The van der Waals surface area contributed by atoms with Crippen LogP contribution >= 0.6 is 0 Å². The number of carbonyl (C=O) groups is 1. The average molecular weight is 332 g/mol. The third-order valence-electron chi connectivity index (χ3n) is 5.61. The third kappa shape index (κ3) is 3.15. The predicted octanol–water partition coefficient (Wildman–Crippen LogP) is 2.40. The number of carbonyl (C=O) groups excluding carboxylic acids is 1. The van der Waals surface area contributed by atoms with Gasteiger partial charge >= 0.3 is 6.03 Å². The standard InChI is InChI=1S/C19H28N2O3/c1-18(2)15(14-10-7-11-24-16(14)18)21-17(22)20-12-19(3,23)13-8-5-4-6-9-13/h4-6,8-9,14-16,23H,7,10-12H2,1-3H3,(H2,20,21,22)/t14-,15-,16+,19+/m1/s1. The largest absolute Gasteiger partial charge is 0.384 e. The first-order valence-corrected chi connectivity index (χ1v) is 8.76. The van der Waals surface area contributed by atoms with Crippen LogP contribution in [0.25, 0.3) is 0 Å². The van der Waals surface area contributed by atoms with E-state index in [9.17, 15) is 9.90 Å². The van der Waals surface area contributed by atoms with E-state index < -0.39 is 5.60 Å². The molecule has 3 rings (SSSR count). The molecule has 0 unspecified atom stereocenters. The minimum Gasteiger partial charge on any atom is -0.384 e. The number of benzene rings is 1. The highest BCUT2D eigenvalue weighted by Crippen LogP contribution is 2.51. The molecule has 1 saturated heterocycles. The highest BCUT2D eigenvalue weighted by molar-refractivity contribution is 5.74. The molecule has 2 amide bonds. The molecule has 1 heterocycles. The lowest BCUT2D eigenvalue weighted by atomic mass is 9.55. The van der Waals surface area contributed by atoms with Crippen molar-refractivity contribution in [1.82, 2.24) is 10.6 Å². The van der Waals surface area contributed by atoms with Crippen LogP contribution < -0.4 is 10.6 Å². The summed E-state index contributed by atoms with van der Waals surface area (Å²) in [6.45, 7) is 6.99. The van der Waals surface area contributed by atoms with Gasteiger partial charge in [-0.1, -0.05) is 44.2 Å². The van der Waals surface area contributed by atoms with Gasteiger partial charge in [0.2, 0.25) is 0 Å². The van der Waals surface area contributed by atoms with Gasteiger partial charge in [0.15, 0.2) is 0 Å². The van der Waals surface area contributed by atoms with E-state index in [-0.39, 0.29) is 30.1 Å². The number of nitrogens with one attached hydrogen (secondary N) is 2. The van der Waals surface area contributed by atoms with Crippen molar-refractivity contribution in [2.24, 2.45) is 11.3 Å². The van der Waals surface area contributed by atoms with Crippen LogP contribution in [0, 0.1) is 11.3 Å². The second-order valence-corrected chi connectivity index (χ2v) is 7.86. The molecule has 5 nitrogen and oxygen atoms in total. The fourth-order valence-electron chi connectivity index (χ4n) is 4.16. The normalized spacial score (nSPS) is 30.4. The second kappa shape index (κ2) is 6.37. The van der Waals surface area contributed by atoms with Crippen LogP contribution in [0.4, 0.5) is 4.79 Å². The van der Waals surface area contributed by atoms with Gasteiger partial charge in [0.25, 0.3) is 0 Å². The molecule has 0 radical (unpaired) electrons. The summed E-state index contributed by atoms with van der Waals surface area (Å²) < 4.78 is 5.86. The number of urea groups is 1. The Balaban J connectivity index is 1.54. The Bertz CT molecular complexity index is 586. The maximum Gasteiger partial charge on any atom is 0.315 e. The number of fused-ring (bicyclic) bond motifs is 1. The maximum atomic E-state index is 12.3. The molecule has 0 aromatic heterocycles. The molecule has 1 saturated carbocycles. The fraction of sp³-hybridized carbons (Fsp3) is 0.632. The van der Waals surface area contributed by atoms with Gasteiger partial charge in [-0.15, -0.1) is 0 Å². The van der Waals surface area contributed by atoms with E-state index in [1.54, 1.807) is 6.92 Å². The minimum absolute atomic E-state index is 0.0512. The van der Waals surface area contributed by atoms with Crippen molar-refractivity contribution in [1.29, 1.82) is 0 Å². The van der Waals surface area contributed by atoms with E-state index in [1.807, 2.05) is 30.3 Å². The van der Waals surface area contributed by atoms with Gasteiger partial charge in [0, 0.05) is 24.0 Å². The predicted molar refractivity (Wildman–Crippen MR) is 92.6 cm³/mol. The topological polar surface area (TPSA) is 70.6 Å². The summed E-state index contributed by atoms with van der Waals surface area (Å²) in [5.74, 6) is 0.397. The molecule has 24 heavy (non-hydrogen) atoms. The summed E-state index contributed by atoms with van der Waals surface area (Å²) in [6.07, 6.45) is 2.39. The van der Waals surface area contributed by atoms with Gasteiger partial charge in [-0.25, -0.2) is 4.79 Å². The number of aliphatic hydroxyl groups is 1. The summed E-state index contributed by atoms with van der Waals surface area (Å²) in [4.78, 5) is 12.3. The van der Waals surface area contributed by atoms with Crippen molar-refractivity contribution in [2.75, 3.05) is 13.2 Å². The van der Waals surface area contributed by atoms with Crippen molar-refractivity contribution in [3.8, 4) is 0 Å². The van der Waals surface area contributed by atoms with Crippen molar-refractivity contribution in [3.63, 3.8) is 0 Å². The van der Waals surface area contributed by atoms with Gasteiger partial charge in [0.1, 0.15) is 5.60 Å². The first-order valence-electron chi connectivity index (χ1n) is 8.76. The maximum absolute atomic E-state index is 12.3. The lowest BCUT2D eigenvalue weighted by molar-refractivity contribution is -0.189. The zero-order valence-corrected chi connectivity index (χ0v) is 14.7. The molecule has 132 valence electrons. The van der Waals surface area contributed by atoms with Gasteiger partial charge < -0.3 is 20.5 Å². The fourth-order valence-corrected chi connectivity index (χ4v) is 4.16. The lowest BCUT2D eigenvalue weighted by Crippen LogP contribution is -2.71. The molecule has 1 aliphatic heterocycles. The smallest absolute Gasteiger partial charge is 0.315 e. The number of ether oxygens (including phenoxy) is 1. The van der Waals surface area contributed by atoms with E-state index in [0.717, 1.165) is 25.0 Å². The van der Waals surface area contributed by atoms with Crippen molar-refractivity contribution < 1.29 is 14.6 Å².